The molecule has 6 atom stereocenters. The van der Waals surface area contributed by atoms with E-state index in [-0.39, 0.29) is 6.61 Å². The second kappa shape index (κ2) is 14.1. The van der Waals surface area contributed by atoms with E-state index >= 15 is 0 Å². The molecule has 0 N–H and O–H groups in total. The number of hydrogen-bond acceptors (Lipinski definition) is 10. The van der Waals surface area contributed by atoms with Gasteiger partial charge >= 0.3 is 23.9 Å². The Balaban J connectivity index is 3.08. The summed E-state index contributed by atoms with van der Waals surface area (Å²) in [6.45, 7) is 9.10. The molecule has 1 heterocycles. The molecule has 0 aromatic rings. The zero-order chi connectivity index (χ0) is 24.3. The standard InChI is InChI=1S/C22H36O10/c1-7-9-13(2)10-8-11-27-22-21(31-17(6)26)20(30-16(5)25)19(29-15(4)24)18(32-22)12-28-14(3)23/h13,18-22H,7-12H2,1-6H3/t13?,18-,19-,20+,21-,22-/m1/s1. The van der Waals surface area contributed by atoms with Gasteiger partial charge in [-0.25, -0.2) is 0 Å². The number of ether oxygens (including phenoxy) is 6. The first-order valence-electron chi connectivity index (χ1n) is 11.0. The summed E-state index contributed by atoms with van der Waals surface area (Å²) in [6.07, 6.45) is -1.78. The first-order valence-corrected chi connectivity index (χ1v) is 11.0. The Morgan fingerprint density at radius 3 is 1.91 bits per heavy atom. The van der Waals surface area contributed by atoms with E-state index in [1.54, 1.807) is 0 Å². The van der Waals surface area contributed by atoms with Crippen molar-refractivity contribution < 1.29 is 47.6 Å². The van der Waals surface area contributed by atoms with E-state index in [1.807, 2.05) is 0 Å². The smallest absolute Gasteiger partial charge is 0.303 e. The van der Waals surface area contributed by atoms with Crippen LogP contribution in [-0.4, -0.2) is 67.8 Å². The number of rotatable bonds is 12. The van der Waals surface area contributed by atoms with Crippen molar-refractivity contribution in [3.05, 3.63) is 0 Å². The second-order valence-electron chi connectivity index (χ2n) is 7.97. The fraction of sp³-hybridized carbons (Fsp3) is 0.818. The Labute approximate surface area is 189 Å². The zero-order valence-electron chi connectivity index (χ0n) is 19.8. The van der Waals surface area contributed by atoms with E-state index in [2.05, 4.69) is 13.8 Å². The maximum atomic E-state index is 11.8. The molecule has 0 spiro atoms. The lowest BCUT2D eigenvalue weighted by molar-refractivity contribution is -0.308. The van der Waals surface area contributed by atoms with Gasteiger partial charge in [-0.15, -0.1) is 0 Å². The van der Waals surface area contributed by atoms with Crippen LogP contribution in [0.1, 0.15) is 67.2 Å². The molecule has 1 unspecified atom stereocenters. The topological polar surface area (TPSA) is 124 Å². The molecule has 1 rings (SSSR count). The minimum absolute atomic E-state index is 0.273. The van der Waals surface area contributed by atoms with Crippen molar-refractivity contribution in [3.8, 4) is 0 Å². The molecule has 10 heteroatoms. The van der Waals surface area contributed by atoms with E-state index in [9.17, 15) is 19.2 Å². The Bertz CT molecular complexity index is 634. The van der Waals surface area contributed by atoms with Crippen LogP contribution in [0.2, 0.25) is 0 Å². The van der Waals surface area contributed by atoms with E-state index < -0.39 is 54.6 Å². The summed E-state index contributed by atoms with van der Waals surface area (Å²) in [7, 11) is 0. The third-order valence-corrected chi connectivity index (χ3v) is 4.85. The lowest BCUT2D eigenvalue weighted by atomic mass is 9.98. The number of esters is 4. The van der Waals surface area contributed by atoms with Crippen LogP contribution in [0.25, 0.3) is 0 Å². The predicted molar refractivity (Wildman–Crippen MR) is 111 cm³/mol. The highest BCUT2D eigenvalue weighted by Gasteiger charge is 2.52. The molecule has 0 aliphatic carbocycles. The summed E-state index contributed by atoms with van der Waals surface area (Å²) < 4.78 is 32.8. The molecule has 1 saturated heterocycles. The minimum Gasteiger partial charge on any atom is -0.463 e. The summed E-state index contributed by atoms with van der Waals surface area (Å²) in [6, 6.07) is 0. The summed E-state index contributed by atoms with van der Waals surface area (Å²) in [5.41, 5.74) is 0. The van der Waals surface area contributed by atoms with Crippen molar-refractivity contribution in [1.82, 2.24) is 0 Å². The molecule has 0 bridgehead atoms. The van der Waals surface area contributed by atoms with Gasteiger partial charge in [0.15, 0.2) is 24.6 Å². The first kappa shape index (κ1) is 27.8. The highest BCUT2D eigenvalue weighted by molar-refractivity contribution is 5.68. The average molecular weight is 461 g/mol. The van der Waals surface area contributed by atoms with Crippen LogP contribution in [0, 0.1) is 5.92 Å². The Hall–Kier alpha value is -2.20. The summed E-state index contributed by atoms with van der Waals surface area (Å²) in [5, 5.41) is 0. The Kier molecular flexibility index (Phi) is 12.2. The molecule has 0 aromatic carbocycles. The van der Waals surface area contributed by atoms with Crippen molar-refractivity contribution in [2.75, 3.05) is 13.2 Å². The monoisotopic (exact) mass is 460 g/mol. The molecule has 0 amide bonds. The van der Waals surface area contributed by atoms with Crippen molar-refractivity contribution in [2.45, 2.75) is 97.9 Å². The van der Waals surface area contributed by atoms with Gasteiger partial charge in [-0.3, -0.25) is 19.2 Å². The van der Waals surface area contributed by atoms with Crippen LogP contribution in [-0.2, 0) is 47.6 Å². The van der Waals surface area contributed by atoms with Gasteiger partial charge in [-0.1, -0.05) is 26.7 Å². The van der Waals surface area contributed by atoms with Crippen LogP contribution < -0.4 is 0 Å². The SMILES string of the molecule is CCCC(C)CCCO[C@@H]1O[C@H](COC(C)=O)[C@@H](OC(C)=O)[C@H](OC(C)=O)[C@H]1OC(C)=O. The van der Waals surface area contributed by atoms with Gasteiger partial charge in [-0.05, 0) is 18.8 Å². The van der Waals surface area contributed by atoms with Gasteiger partial charge in [-0.2, -0.15) is 0 Å². The maximum Gasteiger partial charge on any atom is 0.303 e. The number of carbonyl (C=O) groups excluding carboxylic acids is 4. The first-order chi connectivity index (χ1) is 15.0. The van der Waals surface area contributed by atoms with Crippen molar-refractivity contribution >= 4 is 23.9 Å². The van der Waals surface area contributed by atoms with Gasteiger partial charge in [0.2, 0.25) is 0 Å². The van der Waals surface area contributed by atoms with Crippen molar-refractivity contribution in [3.63, 3.8) is 0 Å². The van der Waals surface area contributed by atoms with E-state index in [0.29, 0.717) is 12.5 Å². The largest absolute Gasteiger partial charge is 0.463 e. The van der Waals surface area contributed by atoms with Gasteiger partial charge in [0, 0.05) is 34.3 Å². The van der Waals surface area contributed by atoms with Crippen LogP contribution in [0.3, 0.4) is 0 Å². The molecule has 1 fully saturated rings. The lowest BCUT2D eigenvalue weighted by Crippen LogP contribution is -2.63. The van der Waals surface area contributed by atoms with Gasteiger partial charge in [0.1, 0.15) is 12.7 Å². The third kappa shape index (κ3) is 9.95. The van der Waals surface area contributed by atoms with Crippen LogP contribution in [0.5, 0.6) is 0 Å². The van der Waals surface area contributed by atoms with E-state index in [0.717, 1.165) is 25.7 Å². The molecular weight excluding hydrogens is 424 g/mol. The van der Waals surface area contributed by atoms with E-state index in [4.69, 9.17) is 28.4 Å². The van der Waals surface area contributed by atoms with Crippen molar-refractivity contribution in [2.24, 2.45) is 5.92 Å². The lowest BCUT2D eigenvalue weighted by Gasteiger charge is -2.44. The molecule has 1 aliphatic heterocycles. The molecule has 10 nitrogen and oxygen atoms in total. The fourth-order valence-corrected chi connectivity index (χ4v) is 3.59. The molecule has 1 aliphatic rings. The average Bonchev–Trinajstić information content (AvgIpc) is 2.67. The molecule has 0 aromatic heterocycles. The fourth-order valence-electron chi connectivity index (χ4n) is 3.59. The van der Waals surface area contributed by atoms with Crippen LogP contribution in [0.15, 0.2) is 0 Å². The molecule has 0 radical (unpaired) electrons. The summed E-state index contributed by atoms with van der Waals surface area (Å²) in [5.74, 6) is -2.03. The number of hydrogen-bond donors (Lipinski definition) is 0. The van der Waals surface area contributed by atoms with Crippen LogP contribution in [0.4, 0.5) is 0 Å². The molecule has 0 saturated carbocycles. The minimum atomic E-state index is -1.21. The summed E-state index contributed by atoms with van der Waals surface area (Å²) >= 11 is 0. The highest BCUT2D eigenvalue weighted by Crippen LogP contribution is 2.30. The molecule has 32 heavy (non-hydrogen) atoms. The second-order valence-corrected chi connectivity index (χ2v) is 7.97. The van der Waals surface area contributed by atoms with E-state index in [1.165, 1.54) is 27.7 Å². The predicted octanol–water partition coefficient (Wildman–Crippen LogP) is 2.30. The maximum absolute atomic E-state index is 11.8. The highest BCUT2D eigenvalue weighted by atomic mass is 16.7. The molecular formula is C22H36O10. The Morgan fingerprint density at radius 2 is 1.38 bits per heavy atom. The summed E-state index contributed by atoms with van der Waals surface area (Å²) in [4.78, 5) is 46.6. The van der Waals surface area contributed by atoms with Gasteiger partial charge in [0.25, 0.3) is 0 Å². The van der Waals surface area contributed by atoms with Gasteiger partial charge in [0.05, 0.1) is 0 Å². The van der Waals surface area contributed by atoms with Crippen molar-refractivity contribution in [1.29, 1.82) is 0 Å². The van der Waals surface area contributed by atoms with Crippen LogP contribution >= 0.6 is 0 Å². The normalized spacial score (nSPS) is 26.0. The zero-order valence-corrected chi connectivity index (χ0v) is 19.8. The number of carbonyl (C=O) groups is 4. The molecule has 184 valence electrons. The Morgan fingerprint density at radius 1 is 0.812 bits per heavy atom. The third-order valence-electron chi connectivity index (χ3n) is 4.85. The van der Waals surface area contributed by atoms with Gasteiger partial charge < -0.3 is 28.4 Å². The quantitative estimate of drug-likeness (QED) is 0.243.